The minimum Gasteiger partial charge on any atom is -0.288 e. The van der Waals surface area contributed by atoms with Crippen LogP contribution in [0.4, 0.5) is 0 Å². The lowest BCUT2D eigenvalue weighted by Gasteiger charge is -2.14. The molecule has 2 atom stereocenters. The van der Waals surface area contributed by atoms with Crippen molar-refractivity contribution in [2.24, 2.45) is 0 Å². The first-order valence-electron chi connectivity index (χ1n) is 8.47. The highest BCUT2D eigenvalue weighted by atomic mass is 31.1. The topological polar surface area (TPSA) is 34.1 Å². The fraction of sp³-hybridized carbons (Fsp3) is 0.381. The van der Waals surface area contributed by atoms with Crippen molar-refractivity contribution in [2.75, 3.05) is 0 Å². The quantitative estimate of drug-likeness (QED) is 0.539. The predicted octanol–water partition coefficient (Wildman–Crippen LogP) is 5.40. The summed E-state index contributed by atoms with van der Waals surface area (Å²) in [6.07, 6.45) is 0.833. The van der Waals surface area contributed by atoms with Crippen LogP contribution in [0.5, 0.6) is 0 Å². The lowest BCUT2D eigenvalue weighted by molar-refractivity contribution is 0.103. The maximum absolute atomic E-state index is 13.3. The molecule has 24 heavy (non-hydrogen) atoms. The van der Waals surface area contributed by atoms with Crippen LogP contribution in [0, 0.1) is 27.7 Å². The minimum atomic E-state index is -1.58. The van der Waals surface area contributed by atoms with Crippen LogP contribution < -0.4 is 5.30 Å². The first kappa shape index (κ1) is 18.5. The normalized spacial score (nSPS) is 12.8. The van der Waals surface area contributed by atoms with E-state index in [1.807, 2.05) is 52.8 Å². The van der Waals surface area contributed by atoms with Gasteiger partial charge in [0.25, 0.3) is 0 Å². The zero-order valence-corrected chi connectivity index (χ0v) is 16.3. The molecule has 0 aliphatic heterocycles. The second kappa shape index (κ2) is 7.40. The third kappa shape index (κ3) is 3.35. The summed E-state index contributed by atoms with van der Waals surface area (Å²) in [4.78, 5) is 13.3. The van der Waals surface area contributed by atoms with E-state index >= 15 is 0 Å². The van der Waals surface area contributed by atoms with Crippen LogP contribution in [0.3, 0.4) is 0 Å². The zero-order valence-electron chi connectivity index (χ0n) is 15.4. The highest BCUT2D eigenvalue weighted by Gasteiger charge is 2.32. The van der Waals surface area contributed by atoms with Crippen molar-refractivity contribution in [2.45, 2.75) is 53.6 Å². The number of benzene rings is 2. The summed E-state index contributed by atoms with van der Waals surface area (Å²) in [7, 11) is -1.58. The Kier molecular flexibility index (Phi) is 5.72. The summed E-state index contributed by atoms with van der Waals surface area (Å²) in [5.41, 5.74) is 5.73. The van der Waals surface area contributed by atoms with Crippen molar-refractivity contribution in [1.29, 1.82) is 0 Å². The molecule has 2 aromatic rings. The van der Waals surface area contributed by atoms with Gasteiger partial charge in [0.2, 0.25) is 5.30 Å². The van der Waals surface area contributed by atoms with Crippen LogP contribution in [0.1, 0.15) is 58.4 Å². The van der Waals surface area contributed by atoms with E-state index in [1.165, 1.54) is 5.56 Å². The van der Waals surface area contributed by atoms with Crippen LogP contribution in [-0.4, -0.2) is 11.4 Å². The molecule has 126 valence electrons. The molecule has 0 spiro atoms. The van der Waals surface area contributed by atoms with Gasteiger partial charge in [0.05, 0.1) is 5.56 Å². The SMILES string of the molecule is CCC(C)[P+](=O)c1ccccc1C(=O)c1c(C)cc(C)c(C)c1C. The Labute approximate surface area is 146 Å². The fourth-order valence-electron chi connectivity index (χ4n) is 3.03. The Morgan fingerprint density at radius 2 is 1.67 bits per heavy atom. The first-order chi connectivity index (χ1) is 11.3. The fourth-order valence-corrected chi connectivity index (χ4v) is 4.48. The summed E-state index contributed by atoms with van der Waals surface area (Å²) in [5.74, 6) is -0.0182. The van der Waals surface area contributed by atoms with Gasteiger partial charge in [0, 0.05) is 5.56 Å². The average Bonchev–Trinajstić information content (AvgIpc) is 2.58. The second-order valence-corrected chi connectivity index (χ2v) is 8.58. The smallest absolute Gasteiger partial charge is 0.288 e. The third-order valence-electron chi connectivity index (χ3n) is 4.96. The Hall–Kier alpha value is -1.79. The molecule has 0 heterocycles. The molecule has 0 saturated heterocycles. The van der Waals surface area contributed by atoms with E-state index in [9.17, 15) is 9.36 Å². The van der Waals surface area contributed by atoms with Crippen molar-refractivity contribution in [3.8, 4) is 0 Å². The van der Waals surface area contributed by atoms with Crippen LogP contribution in [0.2, 0.25) is 0 Å². The number of carbonyl (C=O) groups excluding carboxylic acids is 1. The molecule has 0 amide bonds. The van der Waals surface area contributed by atoms with Gasteiger partial charge in [-0.05, 0) is 75.4 Å². The second-order valence-electron chi connectivity index (χ2n) is 6.56. The number of rotatable bonds is 5. The minimum absolute atomic E-state index is 0.0182. The number of aryl methyl sites for hydroxylation is 2. The van der Waals surface area contributed by atoms with E-state index in [1.54, 1.807) is 6.07 Å². The molecule has 0 fully saturated rings. The van der Waals surface area contributed by atoms with Gasteiger partial charge >= 0.3 is 7.80 Å². The van der Waals surface area contributed by atoms with E-state index in [-0.39, 0.29) is 11.4 Å². The summed E-state index contributed by atoms with van der Waals surface area (Å²) < 4.78 is 12.8. The van der Waals surface area contributed by atoms with Gasteiger partial charge in [-0.1, -0.05) is 29.7 Å². The van der Waals surface area contributed by atoms with Gasteiger partial charge in [-0.3, -0.25) is 4.79 Å². The highest BCUT2D eigenvalue weighted by molar-refractivity contribution is 7.54. The Balaban J connectivity index is 2.61. The Bertz CT molecular complexity index is 806. The summed E-state index contributed by atoms with van der Waals surface area (Å²) >= 11 is 0. The van der Waals surface area contributed by atoms with Gasteiger partial charge in [0.1, 0.15) is 0 Å². The molecule has 0 aliphatic carbocycles. The molecule has 0 radical (unpaired) electrons. The molecule has 3 heteroatoms. The molecule has 2 unspecified atom stereocenters. The molecule has 0 aromatic heterocycles. The maximum atomic E-state index is 13.3. The Morgan fingerprint density at radius 3 is 2.29 bits per heavy atom. The van der Waals surface area contributed by atoms with E-state index in [4.69, 9.17) is 0 Å². The summed E-state index contributed by atoms with van der Waals surface area (Å²) in [6.45, 7) is 12.1. The van der Waals surface area contributed by atoms with Gasteiger partial charge in [-0.2, -0.15) is 0 Å². The van der Waals surface area contributed by atoms with E-state index in [0.29, 0.717) is 10.9 Å². The number of hydrogen-bond acceptors (Lipinski definition) is 2. The van der Waals surface area contributed by atoms with Gasteiger partial charge < -0.3 is 0 Å². The summed E-state index contributed by atoms with van der Waals surface area (Å²) in [6, 6.07) is 9.42. The molecular formula is C21H26O2P+. The third-order valence-corrected chi connectivity index (χ3v) is 6.99. The molecule has 0 aliphatic rings. The molecule has 2 rings (SSSR count). The van der Waals surface area contributed by atoms with Crippen molar-refractivity contribution in [1.82, 2.24) is 0 Å². The molecule has 0 saturated carbocycles. The number of ketones is 1. The van der Waals surface area contributed by atoms with Crippen molar-refractivity contribution in [3.05, 3.63) is 63.7 Å². The average molecular weight is 341 g/mol. The van der Waals surface area contributed by atoms with Crippen LogP contribution in [0.25, 0.3) is 0 Å². The number of hydrogen-bond donors (Lipinski definition) is 0. The van der Waals surface area contributed by atoms with Crippen molar-refractivity contribution in [3.63, 3.8) is 0 Å². The lowest BCUT2D eigenvalue weighted by atomic mass is 9.89. The van der Waals surface area contributed by atoms with E-state index in [2.05, 4.69) is 13.0 Å². The van der Waals surface area contributed by atoms with Crippen LogP contribution >= 0.6 is 7.80 Å². The van der Waals surface area contributed by atoms with Crippen molar-refractivity contribution >= 4 is 18.9 Å². The summed E-state index contributed by atoms with van der Waals surface area (Å²) in [5, 5.41) is 0.684. The maximum Gasteiger partial charge on any atom is 0.380 e. The first-order valence-corrected chi connectivity index (χ1v) is 9.79. The zero-order chi connectivity index (χ0) is 18.0. The molecule has 0 bridgehead atoms. The molecular weight excluding hydrogens is 315 g/mol. The van der Waals surface area contributed by atoms with Gasteiger partial charge in [-0.25, -0.2) is 0 Å². The highest BCUT2D eigenvalue weighted by Crippen LogP contribution is 2.32. The standard InChI is InChI=1S/C21H26O2P/c1-7-15(4)24(23)19-11-9-8-10-18(19)21(22)20-14(3)12-13(2)16(5)17(20)6/h8-12,15H,7H2,1-6H3/q+1. The Morgan fingerprint density at radius 1 is 1.04 bits per heavy atom. The largest absolute Gasteiger partial charge is 0.380 e. The van der Waals surface area contributed by atoms with E-state index < -0.39 is 7.80 Å². The number of carbonyl (C=O) groups is 1. The lowest BCUT2D eigenvalue weighted by Crippen LogP contribution is -2.18. The molecule has 2 aromatic carbocycles. The molecule has 2 nitrogen and oxygen atoms in total. The van der Waals surface area contributed by atoms with Gasteiger partial charge in [-0.15, -0.1) is 0 Å². The monoisotopic (exact) mass is 341 g/mol. The van der Waals surface area contributed by atoms with E-state index in [0.717, 1.165) is 28.7 Å². The molecule has 0 N–H and O–H groups in total. The van der Waals surface area contributed by atoms with Crippen LogP contribution in [0.15, 0.2) is 30.3 Å². The van der Waals surface area contributed by atoms with Crippen molar-refractivity contribution < 1.29 is 9.36 Å². The van der Waals surface area contributed by atoms with Gasteiger partial charge in [0.15, 0.2) is 11.4 Å². The van der Waals surface area contributed by atoms with Crippen LogP contribution in [-0.2, 0) is 4.57 Å². The predicted molar refractivity (Wildman–Crippen MR) is 102 cm³/mol.